The highest BCUT2D eigenvalue weighted by atomic mass is 16.2. The van der Waals surface area contributed by atoms with Crippen molar-refractivity contribution < 1.29 is 9.59 Å². The third-order valence-corrected chi connectivity index (χ3v) is 5.32. The first-order valence-corrected chi connectivity index (χ1v) is 8.29. The number of hydrogen-bond donors (Lipinski definition) is 1. The summed E-state index contributed by atoms with van der Waals surface area (Å²) in [6, 6.07) is 3.27. The number of nitrogens with zero attached hydrogens (tertiary/aromatic N) is 3. The van der Waals surface area contributed by atoms with Crippen molar-refractivity contribution in [2.45, 2.75) is 31.8 Å². The van der Waals surface area contributed by atoms with Gasteiger partial charge in [0.1, 0.15) is 5.54 Å². The summed E-state index contributed by atoms with van der Waals surface area (Å²) in [6.07, 6.45) is 3.65. The van der Waals surface area contributed by atoms with E-state index >= 15 is 0 Å². The number of aryl methyl sites for hydroxylation is 1. The monoisotopic (exact) mass is 332 g/mol. The minimum Gasteiger partial charge on any atom is -0.323 e. The summed E-state index contributed by atoms with van der Waals surface area (Å²) in [5, 5.41) is 2.86. The lowest BCUT2D eigenvalue weighted by molar-refractivity contribution is -0.132. The summed E-state index contributed by atoms with van der Waals surface area (Å²) in [5.74, 6) is -0.0906. The van der Waals surface area contributed by atoms with Crippen LogP contribution in [0.25, 0.3) is 0 Å². The van der Waals surface area contributed by atoms with Crippen LogP contribution in [0.2, 0.25) is 0 Å². The normalized spacial score (nSPS) is 28.3. The number of amides is 3. The Bertz CT molecular complexity index is 729. The lowest BCUT2D eigenvalue weighted by Crippen LogP contribution is -2.55. The average molecular weight is 332 g/mol. The number of piperidine rings is 1. The van der Waals surface area contributed by atoms with Crippen LogP contribution < -0.4 is 10.9 Å². The minimum absolute atomic E-state index is 0.0205. The number of likely N-dealkylation sites (tertiary alicyclic amines) is 1. The molecule has 2 saturated heterocycles. The fourth-order valence-electron chi connectivity index (χ4n) is 3.69. The quantitative estimate of drug-likeness (QED) is 0.820. The predicted octanol–water partition coefficient (Wildman–Crippen LogP) is 0.538. The van der Waals surface area contributed by atoms with Crippen molar-refractivity contribution in [2.75, 3.05) is 20.1 Å². The van der Waals surface area contributed by atoms with Gasteiger partial charge in [0.25, 0.3) is 11.5 Å². The van der Waals surface area contributed by atoms with E-state index in [4.69, 9.17) is 0 Å². The van der Waals surface area contributed by atoms with Crippen molar-refractivity contribution in [3.05, 3.63) is 34.2 Å². The van der Waals surface area contributed by atoms with Crippen LogP contribution >= 0.6 is 0 Å². The molecular weight excluding hydrogens is 308 g/mol. The number of imide groups is 1. The molecule has 2 atom stereocenters. The van der Waals surface area contributed by atoms with Gasteiger partial charge in [-0.15, -0.1) is 0 Å². The van der Waals surface area contributed by atoms with Crippen molar-refractivity contribution in [1.82, 2.24) is 19.7 Å². The van der Waals surface area contributed by atoms with Crippen LogP contribution in [-0.2, 0) is 18.4 Å². The van der Waals surface area contributed by atoms with E-state index in [0.717, 1.165) is 31.5 Å². The van der Waals surface area contributed by atoms with Crippen LogP contribution in [0, 0.1) is 5.92 Å². The molecule has 0 aliphatic carbocycles. The van der Waals surface area contributed by atoms with Crippen LogP contribution in [0.15, 0.2) is 23.1 Å². The molecule has 0 radical (unpaired) electrons. The molecule has 24 heavy (non-hydrogen) atoms. The van der Waals surface area contributed by atoms with E-state index in [1.54, 1.807) is 23.9 Å². The molecule has 3 heterocycles. The molecule has 3 amide bonds. The van der Waals surface area contributed by atoms with Gasteiger partial charge in [-0.1, -0.05) is 0 Å². The number of likely N-dealkylation sites (N-methyl/N-ethyl adjacent to an activating group) is 1. The Morgan fingerprint density at radius 2 is 2.04 bits per heavy atom. The lowest BCUT2D eigenvalue weighted by Gasteiger charge is -2.39. The van der Waals surface area contributed by atoms with E-state index in [-0.39, 0.29) is 23.4 Å². The Balaban J connectivity index is 1.72. The molecule has 7 heteroatoms. The zero-order chi connectivity index (χ0) is 17.5. The summed E-state index contributed by atoms with van der Waals surface area (Å²) in [6.45, 7) is 4.16. The number of aromatic nitrogens is 1. The van der Waals surface area contributed by atoms with Crippen LogP contribution in [0.1, 0.15) is 25.3 Å². The third kappa shape index (κ3) is 2.84. The molecule has 0 aromatic carbocycles. The van der Waals surface area contributed by atoms with Crippen LogP contribution in [0.3, 0.4) is 0 Å². The van der Waals surface area contributed by atoms with Gasteiger partial charge in [0.15, 0.2) is 0 Å². The van der Waals surface area contributed by atoms with E-state index < -0.39 is 5.54 Å². The molecule has 7 nitrogen and oxygen atoms in total. The Morgan fingerprint density at radius 3 is 2.67 bits per heavy atom. The SMILES string of the molecule is CN1C(=O)N[C@@](C)([C@H]2CCCN(Cc3ccn(C)c(=O)c3)C2)C1=O. The molecule has 130 valence electrons. The third-order valence-electron chi connectivity index (χ3n) is 5.32. The number of carbonyl (C=O) groups is 2. The second-order valence-electron chi connectivity index (χ2n) is 7.06. The highest BCUT2D eigenvalue weighted by Gasteiger charge is 2.51. The molecule has 0 spiro atoms. The van der Waals surface area contributed by atoms with Crippen molar-refractivity contribution in [2.24, 2.45) is 13.0 Å². The Morgan fingerprint density at radius 1 is 1.29 bits per heavy atom. The first kappa shape index (κ1) is 16.7. The van der Waals surface area contributed by atoms with Crippen LogP contribution in [-0.4, -0.2) is 52.0 Å². The van der Waals surface area contributed by atoms with Gasteiger partial charge in [0.05, 0.1) is 0 Å². The zero-order valence-corrected chi connectivity index (χ0v) is 14.4. The maximum atomic E-state index is 12.5. The molecule has 0 saturated carbocycles. The van der Waals surface area contributed by atoms with Gasteiger partial charge >= 0.3 is 6.03 Å². The summed E-state index contributed by atoms with van der Waals surface area (Å²) in [4.78, 5) is 39.5. The maximum absolute atomic E-state index is 12.5. The lowest BCUT2D eigenvalue weighted by atomic mass is 9.80. The summed E-state index contributed by atoms with van der Waals surface area (Å²) in [5.41, 5.74) is 0.118. The molecular formula is C17H24N4O3. The second-order valence-corrected chi connectivity index (χ2v) is 7.06. The number of nitrogens with one attached hydrogen (secondary N) is 1. The second kappa shape index (κ2) is 6.05. The Kier molecular flexibility index (Phi) is 4.21. The predicted molar refractivity (Wildman–Crippen MR) is 89.4 cm³/mol. The zero-order valence-electron chi connectivity index (χ0n) is 14.4. The first-order chi connectivity index (χ1) is 11.3. The van der Waals surface area contributed by atoms with Crippen molar-refractivity contribution >= 4 is 11.9 Å². The minimum atomic E-state index is -0.836. The molecule has 1 aromatic heterocycles. The smallest absolute Gasteiger partial charge is 0.323 e. The largest absolute Gasteiger partial charge is 0.324 e. The fraction of sp³-hybridized carbons (Fsp3) is 0.588. The number of pyridine rings is 1. The summed E-state index contributed by atoms with van der Waals surface area (Å²) >= 11 is 0. The van der Waals surface area contributed by atoms with E-state index in [2.05, 4.69) is 10.2 Å². The number of hydrogen-bond acceptors (Lipinski definition) is 4. The number of urea groups is 1. The molecule has 1 N–H and O–H groups in total. The van der Waals surface area contributed by atoms with Crippen molar-refractivity contribution in [3.8, 4) is 0 Å². The van der Waals surface area contributed by atoms with Gasteiger partial charge in [0.2, 0.25) is 0 Å². The van der Waals surface area contributed by atoms with Crippen LogP contribution in [0.5, 0.6) is 0 Å². The highest BCUT2D eigenvalue weighted by molar-refractivity contribution is 6.06. The van der Waals surface area contributed by atoms with Gasteiger partial charge in [0, 0.05) is 45.4 Å². The molecule has 2 fully saturated rings. The molecule has 0 bridgehead atoms. The maximum Gasteiger partial charge on any atom is 0.324 e. The molecule has 2 aliphatic rings. The van der Waals surface area contributed by atoms with Crippen LogP contribution in [0.4, 0.5) is 4.79 Å². The average Bonchev–Trinajstić information content (AvgIpc) is 2.76. The van der Waals surface area contributed by atoms with Crippen molar-refractivity contribution in [3.63, 3.8) is 0 Å². The molecule has 1 aromatic rings. The number of carbonyl (C=O) groups excluding carboxylic acids is 2. The first-order valence-electron chi connectivity index (χ1n) is 8.29. The van der Waals surface area contributed by atoms with Gasteiger partial charge in [-0.2, -0.15) is 0 Å². The van der Waals surface area contributed by atoms with E-state index in [9.17, 15) is 14.4 Å². The van der Waals surface area contributed by atoms with E-state index in [1.807, 2.05) is 13.0 Å². The Hall–Kier alpha value is -2.15. The van der Waals surface area contributed by atoms with Crippen molar-refractivity contribution in [1.29, 1.82) is 0 Å². The summed E-state index contributed by atoms with van der Waals surface area (Å²) < 4.78 is 1.55. The fourth-order valence-corrected chi connectivity index (χ4v) is 3.69. The standard InChI is InChI=1S/C17H24N4O3/c1-17(15(23)20(3)16(24)18-17)13-5-4-7-21(11-13)10-12-6-8-19(2)14(22)9-12/h6,8-9,13H,4-5,7,10-11H2,1-3H3,(H,18,24)/t13-,17-/m0/s1. The Labute approximate surface area is 141 Å². The topological polar surface area (TPSA) is 74.7 Å². The molecule has 3 rings (SSSR count). The van der Waals surface area contributed by atoms with Gasteiger partial charge in [-0.25, -0.2) is 4.79 Å². The van der Waals surface area contributed by atoms with Gasteiger partial charge < -0.3 is 9.88 Å². The number of rotatable bonds is 3. The highest BCUT2D eigenvalue weighted by Crippen LogP contribution is 2.32. The molecule has 2 aliphatic heterocycles. The van der Waals surface area contributed by atoms with Gasteiger partial charge in [-0.05, 0) is 37.9 Å². The summed E-state index contributed by atoms with van der Waals surface area (Å²) in [7, 11) is 3.25. The van der Waals surface area contributed by atoms with Gasteiger partial charge in [-0.3, -0.25) is 19.4 Å². The van der Waals surface area contributed by atoms with E-state index in [1.165, 1.54) is 11.9 Å². The van der Waals surface area contributed by atoms with E-state index in [0.29, 0.717) is 6.54 Å². The molecule has 0 unspecified atom stereocenters.